The van der Waals surface area contributed by atoms with Crippen LogP contribution in [0, 0.1) is 5.92 Å². The number of hydrogen-bond acceptors (Lipinski definition) is 4. The Morgan fingerprint density at radius 2 is 1.91 bits per heavy atom. The zero-order valence-corrected chi connectivity index (χ0v) is 13.9. The van der Waals surface area contributed by atoms with Crippen LogP contribution in [0.5, 0.6) is 0 Å². The Balaban J connectivity index is 1.79. The molecule has 22 heavy (non-hydrogen) atoms. The van der Waals surface area contributed by atoms with Gasteiger partial charge in [0.25, 0.3) is 6.92 Å². The molecule has 2 N–H and O–H groups in total. The molecular formula is C16H31BN2O3. The van der Waals surface area contributed by atoms with Crippen LogP contribution >= 0.6 is 0 Å². The summed E-state index contributed by atoms with van der Waals surface area (Å²) in [4.78, 5) is 16.3. The van der Waals surface area contributed by atoms with Gasteiger partial charge in [-0.2, -0.15) is 0 Å². The largest absolute Gasteiger partial charge is 0.480 e. The van der Waals surface area contributed by atoms with Crippen molar-refractivity contribution in [1.82, 2.24) is 9.80 Å². The molecule has 2 aliphatic rings. The topological polar surface area (TPSA) is 64.0 Å². The van der Waals surface area contributed by atoms with Gasteiger partial charge in [-0.15, -0.1) is 0 Å². The molecule has 2 unspecified atom stereocenters. The lowest BCUT2D eigenvalue weighted by molar-refractivity contribution is -0.143. The maximum absolute atomic E-state index is 11.7. The fraction of sp³-hybridized carbons (Fsp3) is 0.938. The molecule has 0 spiro atoms. The van der Waals surface area contributed by atoms with E-state index in [1.54, 1.807) is 6.82 Å². The highest BCUT2D eigenvalue weighted by atomic mass is 16.4. The van der Waals surface area contributed by atoms with Gasteiger partial charge in [-0.3, -0.25) is 9.69 Å². The molecule has 2 rings (SSSR count). The van der Waals surface area contributed by atoms with Crippen LogP contribution in [0.4, 0.5) is 0 Å². The molecule has 0 aromatic rings. The summed E-state index contributed by atoms with van der Waals surface area (Å²) in [6, 6.07) is -0.321. The van der Waals surface area contributed by atoms with Gasteiger partial charge >= 0.3 is 5.97 Å². The van der Waals surface area contributed by atoms with E-state index in [1.807, 2.05) is 0 Å². The SMILES string of the molecule is CB(O)CCCC1CCN(CCN2CCCCC2)C1C(=O)O. The Morgan fingerprint density at radius 1 is 1.18 bits per heavy atom. The smallest absolute Gasteiger partial charge is 0.321 e. The molecule has 126 valence electrons. The molecule has 2 heterocycles. The predicted molar refractivity (Wildman–Crippen MR) is 89.3 cm³/mol. The van der Waals surface area contributed by atoms with Gasteiger partial charge in [-0.1, -0.05) is 19.7 Å². The van der Waals surface area contributed by atoms with Crippen molar-refractivity contribution in [2.24, 2.45) is 5.92 Å². The first-order chi connectivity index (χ1) is 10.6. The minimum atomic E-state index is -0.668. The predicted octanol–water partition coefficient (Wildman–Crippen LogP) is 1.64. The second-order valence-corrected chi connectivity index (χ2v) is 7.05. The third-order valence-corrected chi connectivity index (χ3v) is 5.23. The van der Waals surface area contributed by atoms with Crippen LogP contribution in [0.3, 0.4) is 0 Å². The van der Waals surface area contributed by atoms with Crippen molar-refractivity contribution < 1.29 is 14.9 Å². The van der Waals surface area contributed by atoms with Gasteiger partial charge in [0.15, 0.2) is 0 Å². The van der Waals surface area contributed by atoms with E-state index in [4.69, 9.17) is 0 Å². The molecule has 2 fully saturated rings. The fourth-order valence-corrected chi connectivity index (χ4v) is 3.97. The van der Waals surface area contributed by atoms with Crippen LogP contribution < -0.4 is 0 Å². The third kappa shape index (κ3) is 5.25. The lowest BCUT2D eigenvalue weighted by Gasteiger charge is -2.30. The quantitative estimate of drug-likeness (QED) is 0.667. The Bertz CT molecular complexity index is 348. The maximum Gasteiger partial charge on any atom is 0.321 e. The van der Waals surface area contributed by atoms with Crippen molar-refractivity contribution in [3.8, 4) is 0 Å². The molecule has 0 radical (unpaired) electrons. The number of piperidine rings is 1. The van der Waals surface area contributed by atoms with E-state index >= 15 is 0 Å². The molecule has 5 nitrogen and oxygen atoms in total. The first-order valence-electron chi connectivity index (χ1n) is 8.95. The van der Waals surface area contributed by atoms with Gasteiger partial charge in [-0.05, 0) is 57.6 Å². The summed E-state index contributed by atoms with van der Waals surface area (Å²) in [5, 5.41) is 18.9. The lowest BCUT2D eigenvalue weighted by atomic mass is 9.66. The van der Waals surface area contributed by atoms with Crippen LogP contribution in [-0.2, 0) is 4.79 Å². The van der Waals surface area contributed by atoms with Crippen molar-refractivity contribution in [2.75, 3.05) is 32.7 Å². The first kappa shape index (κ1) is 17.8. The molecule has 0 aromatic carbocycles. The summed E-state index contributed by atoms with van der Waals surface area (Å²) >= 11 is 0. The summed E-state index contributed by atoms with van der Waals surface area (Å²) in [5.74, 6) is -0.421. The van der Waals surface area contributed by atoms with Crippen LogP contribution in [0.25, 0.3) is 0 Å². The van der Waals surface area contributed by atoms with E-state index in [1.165, 1.54) is 32.4 Å². The molecular weight excluding hydrogens is 279 g/mol. The Labute approximate surface area is 134 Å². The summed E-state index contributed by atoms with van der Waals surface area (Å²) in [6.45, 7) is 6.65. The number of rotatable bonds is 8. The van der Waals surface area contributed by atoms with Crippen molar-refractivity contribution >= 4 is 12.9 Å². The number of nitrogens with zero attached hydrogens (tertiary/aromatic N) is 2. The van der Waals surface area contributed by atoms with Gasteiger partial charge in [0, 0.05) is 13.1 Å². The number of carbonyl (C=O) groups is 1. The number of carboxylic acid groups (broad SMARTS) is 1. The first-order valence-corrected chi connectivity index (χ1v) is 8.95. The molecule has 0 aliphatic carbocycles. The van der Waals surface area contributed by atoms with Gasteiger partial charge in [0.2, 0.25) is 0 Å². The summed E-state index contributed by atoms with van der Waals surface area (Å²) in [7, 11) is 0. The minimum Gasteiger partial charge on any atom is -0.480 e. The average molecular weight is 310 g/mol. The molecule has 2 aliphatic heterocycles. The molecule has 0 aromatic heterocycles. The summed E-state index contributed by atoms with van der Waals surface area (Å²) < 4.78 is 0. The van der Waals surface area contributed by atoms with E-state index < -0.39 is 5.97 Å². The Kier molecular flexibility index (Phi) is 7.18. The van der Waals surface area contributed by atoms with E-state index in [2.05, 4.69) is 9.80 Å². The second-order valence-electron chi connectivity index (χ2n) is 7.05. The zero-order chi connectivity index (χ0) is 15.9. The number of carboxylic acids is 1. The monoisotopic (exact) mass is 310 g/mol. The van der Waals surface area contributed by atoms with E-state index in [0.29, 0.717) is 0 Å². The standard InChI is InChI=1S/C16H31BN2O3/c1-17(22)8-5-6-14-7-11-19(15(14)16(20)21)13-12-18-9-3-2-4-10-18/h14-15,22H,2-13H2,1H3,(H,20,21). The van der Waals surface area contributed by atoms with E-state index in [0.717, 1.165) is 45.2 Å². The molecule has 6 heteroatoms. The van der Waals surface area contributed by atoms with Crippen molar-refractivity contribution in [3.63, 3.8) is 0 Å². The van der Waals surface area contributed by atoms with Crippen LogP contribution in [0.15, 0.2) is 0 Å². The van der Waals surface area contributed by atoms with Gasteiger partial charge in [0.05, 0.1) is 0 Å². The Morgan fingerprint density at radius 3 is 2.55 bits per heavy atom. The third-order valence-electron chi connectivity index (χ3n) is 5.23. The van der Waals surface area contributed by atoms with Gasteiger partial charge < -0.3 is 15.0 Å². The van der Waals surface area contributed by atoms with E-state index in [9.17, 15) is 14.9 Å². The summed E-state index contributed by atoms with van der Waals surface area (Å²) in [6.07, 6.45) is 7.50. The van der Waals surface area contributed by atoms with E-state index in [-0.39, 0.29) is 18.9 Å². The molecule has 0 bridgehead atoms. The average Bonchev–Trinajstić information content (AvgIpc) is 2.89. The number of hydrogen-bond donors (Lipinski definition) is 2. The molecule has 2 saturated heterocycles. The molecule has 0 saturated carbocycles. The highest BCUT2D eigenvalue weighted by Crippen LogP contribution is 2.29. The van der Waals surface area contributed by atoms with Gasteiger partial charge in [0.1, 0.15) is 6.04 Å². The minimum absolute atomic E-state index is 0.248. The van der Waals surface area contributed by atoms with Crippen LogP contribution in [0.2, 0.25) is 13.1 Å². The van der Waals surface area contributed by atoms with Crippen LogP contribution in [-0.4, -0.2) is 71.6 Å². The normalized spacial score (nSPS) is 27.2. The van der Waals surface area contributed by atoms with Crippen LogP contribution in [0.1, 0.15) is 38.5 Å². The molecule has 2 atom stereocenters. The van der Waals surface area contributed by atoms with Gasteiger partial charge in [-0.25, -0.2) is 0 Å². The summed E-state index contributed by atoms with van der Waals surface area (Å²) in [5.41, 5.74) is 0. The lowest BCUT2D eigenvalue weighted by Crippen LogP contribution is -2.44. The van der Waals surface area contributed by atoms with Crippen molar-refractivity contribution in [1.29, 1.82) is 0 Å². The number of aliphatic carboxylic acids is 1. The highest BCUT2D eigenvalue weighted by Gasteiger charge is 2.38. The van der Waals surface area contributed by atoms with Crippen molar-refractivity contribution in [3.05, 3.63) is 0 Å². The number of likely N-dealkylation sites (tertiary alicyclic amines) is 2. The second kappa shape index (κ2) is 8.89. The van der Waals surface area contributed by atoms with Crippen molar-refractivity contribution in [2.45, 2.75) is 57.7 Å². The maximum atomic E-state index is 11.7. The zero-order valence-electron chi connectivity index (χ0n) is 13.9. The Hall–Kier alpha value is -0.585. The molecule has 0 amide bonds. The fourth-order valence-electron chi connectivity index (χ4n) is 3.97. The highest BCUT2D eigenvalue weighted by molar-refractivity contribution is 6.48.